The van der Waals surface area contributed by atoms with E-state index < -0.39 is 76.0 Å². The zero-order valence-corrected chi connectivity index (χ0v) is 22.8. The number of allylic oxidation sites excluding steroid dienone is 4. The van der Waals surface area contributed by atoms with E-state index >= 15 is 8.78 Å². The largest absolute Gasteiger partial charge is 0.468 e. The van der Waals surface area contributed by atoms with E-state index in [2.05, 4.69) is 0 Å². The molecule has 5 aliphatic rings. The molecule has 0 aromatic carbocycles. The Morgan fingerprint density at radius 3 is 2.61 bits per heavy atom. The minimum Gasteiger partial charge on any atom is -0.468 e. The van der Waals surface area contributed by atoms with Crippen LogP contribution in [0.4, 0.5) is 8.78 Å². The molecule has 10 atom stereocenters. The lowest BCUT2D eigenvalue weighted by molar-refractivity contribution is -0.223. The molecule has 7 nitrogen and oxygen atoms in total. The van der Waals surface area contributed by atoms with Gasteiger partial charge < -0.3 is 19.3 Å². The average molecular weight is 553 g/mol. The number of aliphatic hydroxyl groups excluding tert-OH is 1. The Morgan fingerprint density at radius 2 is 1.97 bits per heavy atom. The highest BCUT2D eigenvalue weighted by Crippen LogP contribution is 2.71. The molecule has 0 unspecified atom stereocenters. The fourth-order valence-corrected chi connectivity index (χ4v) is 8.86. The zero-order chi connectivity index (χ0) is 27.8. The molecular weight excluding hydrogens is 518 g/mol. The minimum absolute atomic E-state index is 0.0414. The van der Waals surface area contributed by atoms with Crippen LogP contribution in [-0.4, -0.2) is 64.1 Å². The summed E-state index contributed by atoms with van der Waals surface area (Å²) in [6.07, 6.45) is -0.0799. The molecule has 0 amide bonds. The summed E-state index contributed by atoms with van der Waals surface area (Å²) in [4.78, 5) is 37.1. The standard InChI is InChI=1S/C28H34F2O7S/c1-5-22(33)37-28(24(38)36-20-7-9-35-23(20)34)14(2)10-16-17-12-19(29)18-11-15(31)6-8-25(18,3)27(17,30)21(32)13-26(16,28)4/h6,8,11,14,16-17,19-21,32H,5,7,9-10,12-13H2,1-4H3/t14-,16+,17+,19+,20+,21+,25+,26+,27+,28+/m1/s1. The molecule has 0 aromatic rings. The Bertz CT molecular complexity index is 1150. The second kappa shape index (κ2) is 8.91. The van der Waals surface area contributed by atoms with E-state index in [-0.39, 0.29) is 42.9 Å². The van der Waals surface area contributed by atoms with Gasteiger partial charge in [0.1, 0.15) is 6.17 Å². The second-order valence-corrected chi connectivity index (χ2v) is 12.3. The molecule has 1 aliphatic heterocycles. The smallest absolute Gasteiger partial charge is 0.347 e. The number of hydrogen-bond donors (Lipinski definition) is 1. The van der Waals surface area contributed by atoms with Crippen molar-refractivity contribution in [2.45, 2.75) is 89.4 Å². The zero-order valence-electron chi connectivity index (χ0n) is 22.0. The number of esters is 2. The van der Waals surface area contributed by atoms with Gasteiger partial charge in [0.15, 0.2) is 23.2 Å². The first kappa shape index (κ1) is 27.4. The van der Waals surface area contributed by atoms with Gasteiger partial charge in [-0.3, -0.25) is 9.59 Å². The van der Waals surface area contributed by atoms with Crippen molar-refractivity contribution in [1.29, 1.82) is 0 Å². The Morgan fingerprint density at radius 1 is 1.26 bits per heavy atom. The summed E-state index contributed by atoms with van der Waals surface area (Å²) in [5.74, 6) is -3.51. The monoisotopic (exact) mass is 552 g/mol. The molecule has 4 aliphatic carbocycles. The quantitative estimate of drug-likeness (QED) is 0.414. The van der Waals surface area contributed by atoms with E-state index in [9.17, 15) is 19.5 Å². The number of aliphatic hydroxyl groups is 1. The maximum Gasteiger partial charge on any atom is 0.347 e. The van der Waals surface area contributed by atoms with Crippen molar-refractivity contribution in [2.24, 2.45) is 28.6 Å². The average Bonchev–Trinajstić information content (AvgIpc) is 3.35. The molecule has 1 N–H and O–H groups in total. The van der Waals surface area contributed by atoms with E-state index in [0.29, 0.717) is 6.42 Å². The molecule has 10 heteroatoms. The van der Waals surface area contributed by atoms with Gasteiger partial charge >= 0.3 is 11.9 Å². The minimum atomic E-state index is -2.27. The normalized spacial score (nSPS) is 47.4. The summed E-state index contributed by atoms with van der Waals surface area (Å²) in [6, 6.07) is 0. The number of thiocarbonyl (C=S) groups is 1. The van der Waals surface area contributed by atoms with Crippen molar-refractivity contribution >= 4 is 35.0 Å². The number of hydrogen-bond acceptors (Lipinski definition) is 8. The molecule has 0 aromatic heterocycles. The lowest BCUT2D eigenvalue weighted by Gasteiger charge is -2.63. The van der Waals surface area contributed by atoms with Crippen LogP contribution in [0.15, 0.2) is 23.8 Å². The van der Waals surface area contributed by atoms with Gasteiger partial charge in [0.05, 0.1) is 12.7 Å². The Labute approximate surface area is 225 Å². The van der Waals surface area contributed by atoms with E-state index in [1.54, 1.807) is 13.8 Å². The molecule has 5 rings (SSSR count). The van der Waals surface area contributed by atoms with E-state index in [1.165, 1.54) is 19.1 Å². The topological polar surface area (TPSA) is 99.1 Å². The van der Waals surface area contributed by atoms with Crippen molar-refractivity contribution in [2.75, 3.05) is 6.61 Å². The van der Waals surface area contributed by atoms with Crippen molar-refractivity contribution in [1.82, 2.24) is 0 Å². The van der Waals surface area contributed by atoms with Gasteiger partial charge in [0.25, 0.3) is 0 Å². The lowest BCUT2D eigenvalue weighted by Crippen LogP contribution is -2.71. The van der Waals surface area contributed by atoms with E-state index in [4.69, 9.17) is 26.4 Å². The second-order valence-electron chi connectivity index (χ2n) is 11.9. The van der Waals surface area contributed by atoms with Gasteiger partial charge in [-0.1, -0.05) is 26.8 Å². The first-order valence-electron chi connectivity index (χ1n) is 13.3. The Kier molecular flexibility index (Phi) is 6.42. The summed E-state index contributed by atoms with van der Waals surface area (Å²) in [7, 11) is 0. The summed E-state index contributed by atoms with van der Waals surface area (Å²) < 4.78 is 50.3. The van der Waals surface area contributed by atoms with Gasteiger partial charge in [-0.15, -0.1) is 0 Å². The first-order chi connectivity index (χ1) is 17.8. The number of carbonyl (C=O) groups is 3. The molecule has 0 radical (unpaired) electrons. The van der Waals surface area contributed by atoms with Crippen LogP contribution < -0.4 is 0 Å². The first-order valence-corrected chi connectivity index (χ1v) is 13.7. The van der Waals surface area contributed by atoms with Crippen molar-refractivity contribution in [3.63, 3.8) is 0 Å². The Balaban J connectivity index is 1.61. The highest BCUT2D eigenvalue weighted by Gasteiger charge is 2.78. The predicted molar refractivity (Wildman–Crippen MR) is 135 cm³/mol. The Hall–Kier alpha value is -2.20. The SMILES string of the molecule is CCC(=O)O[C@]1(C(=S)O[C@H]2CCOC2=O)[C@H](C)C[C@H]2[C@@H]3C[C@H](F)C4=CC(=O)C=C[C@]4(C)[C@@]3(F)[C@@H](O)C[C@@]21C. The third-order valence-corrected chi connectivity index (χ3v) is 10.6. The molecule has 3 saturated carbocycles. The molecule has 1 saturated heterocycles. The number of fused-ring (bicyclic) bond motifs is 5. The summed E-state index contributed by atoms with van der Waals surface area (Å²) >= 11 is 5.75. The van der Waals surface area contributed by atoms with E-state index in [0.717, 1.165) is 6.08 Å². The van der Waals surface area contributed by atoms with Crippen LogP contribution in [0, 0.1) is 28.6 Å². The molecule has 38 heavy (non-hydrogen) atoms. The number of cyclic esters (lactones) is 1. The van der Waals surface area contributed by atoms with Gasteiger partial charge in [0.2, 0.25) is 5.05 Å². The number of carbonyl (C=O) groups excluding carboxylic acids is 3. The van der Waals surface area contributed by atoms with Crippen LogP contribution in [0.5, 0.6) is 0 Å². The van der Waals surface area contributed by atoms with Gasteiger partial charge in [-0.2, -0.15) is 0 Å². The third-order valence-electron chi connectivity index (χ3n) is 10.2. The van der Waals surface area contributed by atoms with Crippen LogP contribution in [0.25, 0.3) is 0 Å². The molecule has 0 spiro atoms. The number of rotatable bonds is 4. The molecule has 1 heterocycles. The number of ether oxygens (including phenoxy) is 3. The predicted octanol–water partition coefficient (Wildman–Crippen LogP) is 3.90. The highest BCUT2D eigenvalue weighted by atomic mass is 32.1. The van der Waals surface area contributed by atoms with Gasteiger partial charge in [0, 0.05) is 35.5 Å². The lowest BCUT2D eigenvalue weighted by atomic mass is 9.44. The summed E-state index contributed by atoms with van der Waals surface area (Å²) in [6.45, 7) is 6.96. The van der Waals surface area contributed by atoms with Crippen molar-refractivity contribution in [3.8, 4) is 0 Å². The van der Waals surface area contributed by atoms with Crippen LogP contribution in [0.1, 0.15) is 59.8 Å². The highest BCUT2D eigenvalue weighted by molar-refractivity contribution is 7.80. The number of alkyl halides is 2. The molecule has 4 fully saturated rings. The van der Waals surface area contributed by atoms with Crippen LogP contribution >= 0.6 is 12.2 Å². The van der Waals surface area contributed by atoms with E-state index in [1.807, 2.05) is 6.92 Å². The van der Waals surface area contributed by atoms with Crippen LogP contribution in [0.3, 0.4) is 0 Å². The van der Waals surface area contributed by atoms with Crippen molar-refractivity contribution < 1.29 is 42.5 Å². The summed E-state index contributed by atoms with van der Waals surface area (Å²) in [5, 5.41) is 11.5. The maximum atomic E-state index is 17.5. The van der Waals surface area contributed by atoms with Gasteiger partial charge in [-0.25, -0.2) is 13.6 Å². The maximum absolute atomic E-state index is 17.5. The van der Waals surface area contributed by atoms with Crippen LogP contribution in [-0.2, 0) is 28.6 Å². The fraction of sp³-hybridized carbons (Fsp3) is 0.714. The fourth-order valence-electron chi connectivity index (χ4n) is 8.27. The molecule has 208 valence electrons. The number of halogens is 2. The molecule has 0 bridgehead atoms. The number of ketones is 1. The van der Waals surface area contributed by atoms with Crippen LogP contribution in [0.2, 0.25) is 0 Å². The van der Waals surface area contributed by atoms with Crippen molar-refractivity contribution in [3.05, 3.63) is 23.8 Å². The third kappa shape index (κ3) is 3.37. The summed E-state index contributed by atoms with van der Waals surface area (Å²) in [5.41, 5.74) is -6.44. The van der Waals surface area contributed by atoms with Gasteiger partial charge in [-0.05, 0) is 62.0 Å². The molecular formula is C28H34F2O7S.